The van der Waals surface area contributed by atoms with Gasteiger partial charge in [0.05, 0.1) is 5.69 Å². The molecule has 4 nitrogen and oxygen atoms in total. The Balaban J connectivity index is 2.19. The maximum atomic E-state index is 4.42. The number of nitrogens with one attached hydrogen (secondary N) is 2. The number of H-pyrrole nitrogens is 1. The number of hydrogen-bond acceptors (Lipinski definition) is 2. The van der Waals surface area contributed by atoms with Crippen LogP contribution in [0.3, 0.4) is 0 Å². The van der Waals surface area contributed by atoms with Crippen molar-refractivity contribution in [3.8, 4) is 5.69 Å². The van der Waals surface area contributed by atoms with Crippen molar-refractivity contribution in [2.75, 3.05) is 5.32 Å². The van der Waals surface area contributed by atoms with E-state index in [1.165, 1.54) is 33.6 Å². The molecule has 3 rings (SSSR count). The molecule has 2 aromatic carbocycles. The van der Waals surface area contributed by atoms with Gasteiger partial charge in [-0.25, -0.2) is 0 Å². The van der Waals surface area contributed by atoms with E-state index < -0.39 is 0 Å². The molecule has 30 heavy (non-hydrogen) atoms. The van der Waals surface area contributed by atoms with Crippen LogP contribution >= 0.6 is 0 Å². The van der Waals surface area contributed by atoms with Crippen molar-refractivity contribution in [1.82, 2.24) is 10.2 Å². The first-order chi connectivity index (χ1) is 14.2. The number of benzene rings is 2. The smallest absolute Gasteiger partial charge is 0.262 e. The number of aromatic nitrogens is 3. The second-order valence-corrected chi connectivity index (χ2v) is 9.42. The molecule has 0 spiro atoms. The minimum atomic E-state index is 0.420. The third kappa shape index (κ3) is 4.28. The molecule has 0 aliphatic carbocycles. The van der Waals surface area contributed by atoms with E-state index in [4.69, 9.17) is 0 Å². The van der Waals surface area contributed by atoms with E-state index in [0.29, 0.717) is 23.7 Å². The third-order valence-corrected chi connectivity index (χ3v) is 5.78. The van der Waals surface area contributed by atoms with Gasteiger partial charge in [0, 0.05) is 0 Å². The average molecular weight is 406 g/mol. The summed E-state index contributed by atoms with van der Waals surface area (Å²) in [5, 5.41) is 11.4. The quantitative estimate of drug-likeness (QED) is 0.419. The Morgan fingerprint density at radius 3 is 1.57 bits per heavy atom. The fourth-order valence-electron chi connectivity index (χ4n) is 4.12. The van der Waals surface area contributed by atoms with Gasteiger partial charge in [0.15, 0.2) is 0 Å². The lowest BCUT2D eigenvalue weighted by Gasteiger charge is -2.20. The average Bonchev–Trinajstić information content (AvgIpc) is 3.14. The number of rotatable bonds is 7. The lowest BCUT2D eigenvalue weighted by molar-refractivity contribution is -0.581. The van der Waals surface area contributed by atoms with Crippen molar-refractivity contribution in [3.63, 3.8) is 0 Å². The highest BCUT2D eigenvalue weighted by Crippen LogP contribution is 2.34. The largest absolute Gasteiger partial charge is 0.351 e. The van der Waals surface area contributed by atoms with Crippen molar-refractivity contribution >= 4 is 11.6 Å². The molecule has 0 radical (unpaired) electrons. The topological polar surface area (TPSA) is 44.6 Å². The van der Waals surface area contributed by atoms with Crippen LogP contribution < -0.4 is 9.88 Å². The van der Waals surface area contributed by atoms with Gasteiger partial charge in [0.1, 0.15) is 5.69 Å². The predicted octanol–water partition coefficient (Wildman–Crippen LogP) is 6.92. The Kier molecular flexibility index (Phi) is 6.64. The Morgan fingerprint density at radius 2 is 1.13 bits per heavy atom. The maximum absolute atomic E-state index is 4.42. The fourth-order valence-corrected chi connectivity index (χ4v) is 4.12. The van der Waals surface area contributed by atoms with Gasteiger partial charge >= 0.3 is 5.95 Å². The molecule has 0 saturated heterocycles. The Morgan fingerprint density at radius 1 is 0.700 bits per heavy atom. The van der Waals surface area contributed by atoms with E-state index in [-0.39, 0.29) is 0 Å². The molecule has 0 saturated carbocycles. The van der Waals surface area contributed by atoms with E-state index in [0.717, 1.165) is 5.95 Å². The van der Waals surface area contributed by atoms with E-state index >= 15 is 0 Å². The predicted molar refractivity (Wildman–Crippen MR) is 126 cm³/mol. The number of hydrogen-bond donors (Lipinski definition) is 2. The van der Waals surface area contributed by atoms with Crippen LogP contribution in [0.4, 0.5) is 11.6 Å². The van der Waals surface area contributed by atoms with Crippen LogP contribution in [0, 0.1) is 0 Å². The molecule has 0 fully saturated rings. The van der Waals surface area contributed by atoms with Gasteiger partial charge in [-0.3, -0.25) is 5.32 Å². The van der Waals surface area contributed by atoms with Crippen LogP contribution in [0.2, 0.25) is 0 Å². The van der Waals surface area contributed by atoms with Crippen LogP contribution in [0.5, 0.6) is 0 Å². The number of aromatic amines is 1. The van der Waals surface area contributed by atoms with Gasteiger partial charge in [0.25, 0.3) is 0 Å². The van der Waals surface area contributed by atoms with E-state index in [2.05, 4.69) is 112 Å². The van der Waals surface area contributed by atoms with Crippen molar-refractivity contribution in [3.05, 3.63) is 65.0 Å². The lowest BCUT2D eigenvalue weighted by Crippen LogP contribution is -2.35. The molecular weight excluding hydrogens is 368 g/mol. The highest BCUT2D eigenvalue weighted by Gasteiger charge is 2.24. The summed E-state index contributed by atoms with van der Waals surface area (Å²) in [6.45, 7) is 18.0. The van der Waals surface area contributed by atoms with Crippen LogP contribution in [0.25, 0.3) is 5.69 Å². The Hall–Kier alpha value is -2.62. The summed E-state index contributed by atoms with van der Waals surface area (Å²) >= 11 is 0. The van der Waals surface area contributed by atoms with E-state index in [1.807, 2.05) is 6.33 Å². The summed E-state index contributed by atoms with van der Waals surface area (Å²) in [7, 11) is 0. The third-order valence-electron chi connectivity index (χ3n) is 5.78. The molecule has 0 amide bonds. The zero-order valence-corrected chi connectivity index (χ0v) is 19.7. The molecule has 0 bridgehead atoms. The first-order valence-corrected chi connectivity index (χ1v) is 11.2. The number of nitrogens with zero attached hydrogens (tertiary/aromatic N) is 2. The van der Waals surface area contributed by atoms with Crippen molar-refractivity contribution in [2.24, 2.45) is 0 Å². The van der Waals surface area contributed by atoms with Gasteiger partial charge in [-0.2, -0.15) is 4.57 Å². The zero-order valence-electron chi connectivity index (χ0n) is 19.7. The Bertz CT molecular complexity index is 944. The second kappa shape index (κ2) is 9.03. The molecule has 1 aromatic heterocycles. The summed E-state index contributed by atoms with van der Waals surface area (Å²) < 4.78 is 2.19. The van der Waals surface area contributed by atoms with Gasteiger partial charge in [-0.1, -0.05) is 91.8 Å². The molecular formula is C26H37N4+. The SMILES string of the molecule is CC(C)c1cccc(C(C)C)c1Nc1[nH]nc[n+]1-c1c(C(C)C)cccc1C(C)C. The van der Waals surface area contributed by atoms with Gasteiger partial charge in [0.2, 0.25) is 6.33 Å². The van der Waals surface area contributed by atoms with Gasteiger partial charge < -0.3 is 0 Å². The summed E-state index contributed by atoms with van der Waals surface area (Å²) in [6.07, 6.45) is 1.89. The molecule has 4 heteroatoms. The highest BCUT2D eigenvalue weighted by atomic mass is 15.3. The molecule has 0 aliphatic heterocycles. The van der Waals surface area contributed by atoms with Crippen LogP contribution in [-0.4, -0.2) is 10.2 Å². The standard InChI is InChI=1S/C26H36N4/c1-16(2)20-11-9-12-21(17(3)4)24(20)28-26-29-27-15-30(26)25-22(18(5)6)13-10-14-23(25)19(7)8/h9-19H,1-8H3,(H,28,29)/p+1. The number of anilines is 2. The minimum absolute atomic E-state index is 0.420. The molecule has 160 valence electrons. The second-order valence-electron chi connectivity index (χ2n) is 9.42. The van der Waals surface area contributed by atoms with Crippen molar-refractivity contribution in [1.29, 1.82) is 0 Å². The summed E-state index contributed by atoms with van der Waals surface area (Å²) in [5.41, 5.74) is 7.72. The van der Waals surface area contributed by atoms with Gasteiger partial charge in [-0.15, -0.1) is 5.10 Å². The highest BCUT2D eigenvalue weighted by molar-refractivity contribution is 5.64. The first kappa shape index (κ1) is 22.1. The Labute approximate surface area is 181 Å². The van der Waals surface area contributed by atoms with Crippen LogP contribution in [-0.2, 0) is 0 Å². The van der Waals surface area contributed by atoms with Crippen molar-refractivity contribution in [2.45, 2.75) is 79.1 Å². The van der Waals surface area contributed by atoms with E-state index in [1.54, 1.807) is 0 Å². The first-order valence-electron chi connectivity index (χ1n) is 11.2. The molecule has 0 unspecified atom stereocenters. The maximum Gasteiger partial charge on any atom is 0.351 e. The van der Waals surface area contributed by atoms with Crippen molar-refractivity contribution < 1.29 is 4.57 Å². The summed E-state index contributed by atoms with van der Waals surface area (Å²) in [5.74, 6) is 2.58. The van der Waals surface area contributed by atoms with E-state index in [9.17, 15) is 0 Å². The summed E-state index contributed by atoms with van der Waals surface area (Å²) in [6, 6.07) is 13.3. The van der Waals surface area contributed by atoms with Gasteiger partial charge in [-0.05, 0) is 51.0 Å². The fraction of sp³-hybridized carbons (Fsp3) is 0.462. The molecule has 2 N–H and O–H groups in total. The number of para-hydroxylation sites is 2. The molecule has 1 heterocycles. The molecule has 0 atom stereocenters. The lowest BCUT2D eigenvalue weighted by atomic mass is 9.92. The minimum Gasteiger partial charge on any atom is -0.262 e. The zero-order chi connectivity index (χ0) is 22.0. The van der Waals surface area contributed by atoms with Crippen LogP contribution in [0.15, 0.2) is 42.7 Å². The molecule has 3 aromatic rings. The van der Waals surface area contributed by atoms with Crippen LogP contribution in [0.1, 0.15) is 101 Å². The monoisotopic (exact) mass is 405 g/mol. The molecule has 0 aliphatic rings. The normalized spacial score (nSPS) is 11.9. The summed E-state index contributed by atoms with van der Waals surface area (Å²) in [4.78, 5) is 0.